The van der Waals surface area contributed by atoms with Crippen molar-refractivity contribution < 1.29 is 15.0 Å². The van der Waals surface area contributed by atoms with Gasteiger partial charge in [-0.1, -0.05) is 308 Å². The Bertz CT molecular complexity index is 932. The van der Waals surface area contributed by atoms with E-state index < -0.39 is 12.1 Å². The van der Waals surface area contributed by atoms with Crippen LogP contribution >= 0.6 is 0 Å². The Kier molecular flexibility index (Phi) is 55.2. The van der Waals surface area contributed by atoms with Gasteiger partial charge in [0.25, 0.3) is 0 Å². The van der Waals surface area contributed by atoms with Crippen LogP contribution in [0.4, 0.5) is 0 Å². The summed E-state index contributed by atoms with van der Waals surface area (Å²) in [4.78, 5) is 12.5. The lowest BCUT2D eigenvalue weighted by molar-refractivity contribution is -0.123. The number of rotatable bonds is 55. The Morgan fingerprint density at radius 2 is 0.641 bits per heavy atom. The Morgan fingerprint density at radius 1 is 0.375 bits per heavy atom. The van der Waals surface area contributed by atoms with Gasteiger partial charge >= 0.3 is 0 Å². The minimum atomic E-state index is -0.659. The number of carbonyl (C=O) groups excluding carboxylic acids is 1. The van der Waals surface area contributed by atoms with Crippen molar-refractivity contribution in [2.24, 2.45) is 0 Å². The van der Waals surface area contributed by atoms with Gasteiger partial charge in [-0.3, -0.25) is 4.79 Å². The van der Waals surface area contributed by atoms with E-state index in [0.717, 1.165) is 32.1 Å². The largest absolute Gasteiger partial charge is 0.394 e. The molecule has 0 bridgehead atoms. The lowest BCUT2D eigenvalue weighted by atomic mass is 10.0. The molecule has 0 aromatic rings. The SMILES string of the molecule is CCCCCCCCCCC/C=C\C/C=C\CCCCCCCCCCCCCCCC(=O)NC(CO)C(O)CCCCCCCCCCCCCCCCCCCCCCCCC. The molecule has 0 aliphatic carbocycles. The van der Waals surface area contributed by atoms with Crippen LogP contribution in [0, 0.1) is 0 Å². The van der Waals surface area contributed by atoms with E-state index in [9.17, 15) is 15.0 Å². The normalized spacial score (nSPS) is 12.9. The van der Waals surface area contributed by atoms with E-state index in [2.05, 4.69) is 43.5 Å². The van der Waals surface area contributed by atoms with Crippen molar-refractivity contribution in [3.8, 4) is 0 Å². The summed E-state index contributed by atoms with van der Waals surface area (Å²) in [5.41, 5.74) is 0. The number of aliphatic hydroxyl groups excluding tert-OH is 2. The molecule has 4 nitrogen and oxygen atoms in total. The molecule has 2 atom stereocenters. The Morgan fingerprint density at radius 3 is 0.938 bits per heavy atom. The van der Waals surface area contributed by atoms with Crippen molar-refractivity contribution in [2.45, 2.75) is 347 Å². The first kappa shape index (κ1) is 62.9. The van der Waals surface area contributed by atoms with Crippen LogP contribution in [-0.4, -0.2) is 34.9 Å². The second-order valence-electron chi connectivity index (χ2n) is 20.4. The molecule has 0 saturated carbocycles. The van der Waals surface area contributed by atoms with Crippen LogP contribution < -0.4 is 5.32 Å². The van der Waals surface area contributed by atoms with Gasteiger partial charge in [0, 0.05) is 6.42 Å². The number of unbranched alkanes of at least 4 members (excludes halogenated alkanes) is 44. The molecule has 64 heavy (non-hydrogen) atoms. The monoisotopic (exact) mass is 900 g/mol. The minimum Gasteiger partial charge on any atom is -0.394 e. The van der Waals surface area contributed by atoms with Crippen molar-refractivity contribution >= 4 is 5.91 Å². The molecule has 0 spiro atoms. The first-order chi connectivity index (χ1) is 31.7. The van der Waals surface area contributed by atoms with Crippen molar-refractivity contribution in [1.29, 1.82) is 0 Å². The second-order valence-corrected chi connectivity index (χ2v) is 20.4. The lowest BCUT2D eigenvalue weighted by Gasteiger charge is -2.22. The summed E-state index contributed by atoms with van der Waals surface area (Å²) in [6.45, 7) is 4.40. The van der Waals surface area contributed by atoms with Crippen LogP contribution in [-0.2, 0) is 4.79 Å². The number of amides is 1. The molecule has 1 amide bonds. The van der Waals surface area contributed by atoms with Crippen LogP contribution in [0.25, 0.3) is 0 Å². The molecule has 0 saturated heterocycles. The minimum absolute atomic E-state index is 0.0265. The predicted octanol–water partition coefficient (Wildman–Crippen LogP) is 19.5. The zero-order chi connectivity index (χ0) is 46.3. The number of hydrogen-bond acceptors (Lipinski definition) is 3. The standard InChI is InChI=1S/C60H117NO3/c1-3-5-7-9-11-13-15-17-19-21-23-25-27-28-29-30-31-32-34-36-38-40-42-44-46-48-50-52-54-56-60(64)61-58(57-62)59(63)55-53-51-49-47-45-43-41-39-37-35-33-26-24-22-20-18-16-14-12-10-8-6-4-2/h23,25,28-29,58-59,62-63H,3-22,24,26-27,30-57H2,1-2H3,(H,61,64)/b25-23-,29-28-. The molecule has 3 N–H and O–H groups in total. The average molecular weight is 901 g/mol. The molecule has 0 heterocycles. The highest BCUT2D eigenvalue weighted by atomic mass is 16.3. The zero-order valence-electron chi connectivity index (χ0n) is 43.8. The third-order valence-electron chi connectivity index (χ3n) is 14.0. The van der Waals surface area contributed by atoms with Crippen molar-refractivity contribution in [3.05, 3.63) is 24.3 Å². The Labute approximate surface area is 402 Å². The topological polar surface area (TPSA) is 69.6 Å². The molecule has 0 rings (SSSR count). The van der Waals surface area contributed by atoms with Crippen molar-refractivity contribution in [1.82, 2.24) is 5.32 Å². The number of carbonyl (C=O) groups is 1. The van der Waals surface area contributed by atoms with E-state index >= 15 is 0 Å². The Hall–Kier alpha value is -1.13. The van der Waals surface area contributed by atoms with Gasteiger partial charge in [0.2, 0.25) is 5.91 Å². The van der Waals surface area contributed by atoms with Crippen LogP contribution in [0.15, 0.2) is 24.3 Å². The Balaban J connectivity index is 3.43. The van der Waals surface area contributed by atoms with Gasteiger partial charge in [0.15, 0.2) is 0 Å². The molecule has 0 aromatic carbocycles. The quantitative estimate of drug-likeness (QED) is 0.0421. The van der Waals surface area contributed by atoms with Gasteiger partial charge in [-0.15, -0.1) is 0 Å². The van der Waals surface area contributed by atoms with Crippen LogP contribution in [0.3, 0.4) is 0 Å². The average Bonchev–Trinajstić information content (AvgIpc) is 3.30. The highest BCUT2D eigenvalue weighted by Crippen LogP contribution is 2.18. The molecular formula is C60H117NO3. The summed E-state index contributed by atoms with van der Waals surface area (Å²) in [5, 5.41) is 23.4. The maximum atomic E-state index is 12.5. The fraction of sp³-hybridized carbons (Fsp3) is 0.917. The summed E-state index contributed by atoms with van der Waals surface area (Å²) < 4.78 is 0. The third kappa shape index (κ3) is 51.8. The smallest absolute Gasteiger partial charge is 0.220 e. The van der Waals surface area contributed by atoms with Gasteiger partial charge in [-0.25, -0.2) is 0 Å². The molecule has 0 aliphatic heterocycles. The summed E-state index contributed by atoms with van der Waals surface area (Å²) >= 11 is 0. The van der Waals surface area contributed by atoms with Gasteiger partial charge in [0.1, 0.15) is 0 Å². The van der Waals surface area contributed by atoms with Gasteiger partial charge < -0.3 is 15.5 Å². The third-order valence-corrected chi connectivity index (χ3v) is 14.0. The fourth-order valence-corrected chi connectivity index (χ4v) is 9.45. The maximum absolute atomic E-state index is 12.5. The van der Waals surface area contributed by atoms with E-state index in [-0.39, 0.29) is 12.5 Å². The molecular weight excluding hydrogens is 783 g/mol. The van der Waals surface area contributed by atoms with Crippen LogP contribution in [0.5, 0.6) is 0 Å². The maximum Gasteiger partial charge on any atom is 0.220 e. The first-order valence-electron chi connectivity index (χ1n) is 29.5. The number of allylic oxidation sites excluding steroid dienone is 4. The zero-order valence-corrected chi connectivity index (χ0v) is 43.8. The van der Waals surface area contributed by atoms with Crippen molar-refractivity contribution in [3.63, 3.8) is 0 Å². The molecule has 0 radical (unpaired) electrons. The molecule has 4 heteroatoms. The van der Waals surface area contributed by atoms with Gasteiger partial charge in [0.05, 0.1) is 18.8 Å². The van der Waals surface area contributed by atoms with E-state index in [0.29, 0.717) is 12.8 Å². The highest BCUT2D eigenvalue weighted by molar-refractivity contribution is 5.76. The van der Waals surface area contributed by atoms with E-state index in [1.807, 2.05) is 0 Å². The molecule has 380 valence electrons. The summed E-state index contributed by atoms with van der Waals surface area (Å²) in [6, 6.07) is -0.536. The summed E-state index contributed by atoms with van der Waals surface area (Å²) in [7, 11) is 0. The number of hydrogen-bond donors (Lipinski definition) is 3. The molecule has 0 aromatic heterocycles. The van der Waals surface area contributed by atoms with Crippen LogP contribution in [0.1, 0.15) is 335 Å². The molecule has 0 aliphatic rings. The highest BCUT2D eigenvalue weighted by Gasteiger charge is 2.20. The van der Waals surface area contributed by atoms with E-state index in [1.165, 1.54) is 276 Å². The predicted molar refractivity (Wildman–Crippen MR) is 286 cm³/mol. The molecule has 2 unspecified atom stereocenters. The van der Waals surface area contributed by atoms with E-state index in [4.69, 9.17) is 0 Å². The van der Waals surface area contributed by atoms with Gasteiger partial charge in [-0.05, 0) is 44.9 Å². The summed E-state index contributed by atoms with van der Waals surface area (Å²) in [5.74, 6) is -0.0265. The second kappa shape index (κ2) is 56.2. The summed E-state index contributed by atoms with van der Waals surface area (Å²) in [6.07, 6.45) is 74.6. The van der Waals surface area contributed by atoms with E-state index in [1.54, 1.807) is 0 Å². The number of aliphatic hydroxyl groups is 2. The lowest BCUT2D eigenvalue weighted by Crippen LogP contribution is -2.45. The van der Waals surface area contributed by atoms with Crippen molar-refractivity contribution in [2.75, 3.05) is 6.61 Å². The fourth-order valence-electron chi connectivity index (χ4n) is 9.45. The first-order valence-corrected chi connectivity index (χ1v) is 29.5. The van der Waals surface area contributed by atoms with Gasteiger partial charge in [-0.2, -0.15) is 0 Å². The number of nitrogens with one attached hydrogen (secondary N) is 1. The molecule has 0 fully saturated rings. The van der Waals surface area contributed by atoms with Crippen LogP contribution in [0.2, 0.25) is 0 Å².